The molecule has 0 saturated heterocycles. The van der Waals surface area contributed by atoms with Crippen molar-refractivity contribution >= 4 is 16.0 Å². The number of nitrogens with one attached hydrogen (secondary N) is 1. The number of carbonyl (C=O) groups excluding carboxylic acids is 1. The van der Waals surface area contributed by atoms with Crippen molar-refractivity contribution in [1.82, 2.24) is 4.72 Å². The fourth-order valence-corrected chi connectivity index (χ4v) is 1.39. The van der Waals surface area contributed by atoms with Crippen LogP contribution in [0.1, 0.15) is 12.8 Å². The summed E-state index contributed by atoms with van der Waals surface area (Å²) < 4.78 is 27.6. The van der Waals surface area contributed by atoms with Gasteiger partial charge in [-0.1, -0.05) is 0 Å². The van der Waals surface area contributed by atoms with Crippen LogP contribution in [0.4, 0.5) is 0 Å². The van der Waals surface area contributed by atoms with Crippen LogP contribution in [0.2, 0.25) is 0 Å². The molecule has 0 aliphatic carbocycles. The van der Waals surface area contributed by atoms with Crippen molar-refractivity contribution in [3.8, 4) is 6.19 Å². The van der Waals surface area contributed by atoms with Crippen LogP contribution in [-0.2, 0) is 19.6 Å². The summed E-state index contributed by atoms with van der Waals surface area (Å²) in [5.74, 6) is -0.720. The molecule has 0 radical (unpaired) electrons. The second-order valence-electron chi connectivity index (χ2n) is 2.21. The molecule has 7 heteroatoms. The summed E-state index contributed by atoms with van der Waals surface area (Å²) in [5, 5.41) is 8.02. The molecule has 0 atom stereocenters. The van der Waals surface area contributed by atoms with Gasteiger partial charge in [-0.2, -0.15) is 5.26 Å². The molecule has 0 aromatic rings. The molecule has 6 nitrogen and oxygen atoms in total. The van der Waals surface area contributed by atoms with E-state index >= 15 is 0 Å². The van der Waals surface area contributed by atoms with E-state index in [9.17, 15) is 13.2 Å². The number of methoxy groups -OCH3 is 1. The van der Waals surface area contributed by atoms with E-state index in [0.717, 1.165) is 0 Å². The minimum absolute atomic E-state index is 0.0306. The number of rotatable bonds is 5. The van der Waals surface area contributed by atoms with Crippen LogP contribution in [0.5, 0.6) is 0 Å². The van der Waals surface area contributed by atoms with E-state index in [2.05, 4.69) is 4.74 Å². The van der Waals surface area contributed by atoms with Gasteiger partial charge < -0.3 is 4.74 Å². The number of nitriles is 1. The molecule has 0 heterocycles. The lowest BCUT2D eigenvalue weighted by atomic mass is 10.3. The predicted molar refractivity (Wildman–Crippen MR) is 43.8 cm³/mol. The molecule has 13 heavy (non-hydrogen) atoms. The zero-order chi connectivity index (χ0) is 10.3. The molecular weight excluding hydrogens is 196 g/mol. The fourth-order valence-electron chi connectivity index (χ4n) is 0.629. The Morgan fingerprint density at radius 3 is 2.69 bits per heavy atom. The van der Waals surface area contributed by atoms with Gasteiger partial charge in [0.15, 0.2) is 6.19 Å². The summed E-state index contributed by atoms with van der Waals surface area (Å²) in [6.07, 6.45) is 1.48. The molecule has 0 aromatic heterocycles. The lowest BCUT2D eigenvalue weighted by molar-refractivity contribution is -0.140. The van der Waals surface area contributed by atoms with Crippen LogP contribution in [0.15, 0.2) is 0 Å². The quantitative estimate of drug-likeness (QED) is 0.366. The van der Waals surface area contributed by atoms with E-state index < -0.39 is 16.0 Å². The second-order valence-corrected chi connectivity index (χ2v) is 4.05. The molecular formula is C6H10N2O4S. The van der Waals surface area contributed by atoms with Crippen LogP contribution in [0.25, 0.3) is 0 Å². The van der Waals surface area contributed by atoms with Gasteiger partial charge in [0.25, 0.3) is 0 Å². The van der Waals surface area contributed by atoms with Gasteiger partial charge in [-0.25, -0.2) is 13.1 Å². The molecule has 0 fully saturated rings. The Bertz CT molecular complexity index is 303. The highest BCUT2D eigenvalue weighted by Crippen LogP contribution is 1.95. The van der Waals surface area contributed by atoms with E-state index in [-0.39, 0.29) is 18.6 Å². The highest BCUT2D eigenvalue weighted by Gasteiger charge is 2.09. The Balaban J connectivity index is 3.78. The molecule has 0 unspecified atom stereocenters. The lowest BCUT2D eigenvalue weighted by Gasteiger charge is -1.99. The zero-order valence-electron chi connectivity index (χ0n) is 7.11. The molecule has 0 bridgehead atoms. The first-order valence-corrected chi connectivity index (χ1v) is 5.12. The minimum Gasteiger partial charge on any atom is -0.469 e. The van der Waals surface area contributed by atoms with Gasteiger partial charge in [0.1, 0.15) is 0 Å². The van der Waals surface area contributed by atoms with Crippen molar-refractivity contribution in [1.29, 1.82) is 5.26 Å². The highest BCUT2D eigenvalue weighted by molar-refractivity contribution is 7.89. The Kier molecular flexibility index (Phi) is 4.84. The smallest absolute Gasteiger partial charge is 0.305 e. The summed E-state index contributed by atoms with van der Waals surface area (Å²) in [6, 6.07) is 0. The van der Waals surface area contributed by atoms with E-state index in [1.165, 1.54) is 13.3 Å². The van der Waals surface area contributed by atoms with Crippen LogP contribution in [0.3, 0.4) is 0 Å². The van der Waals surface area contributed by atoms with Gasteiger partial charge in [0.2, 0.25) is 10.0 Å². The molecule has 0 aromatic carbocycles. The van der Waals surface area contributed by atoms with Crippen LogP contribution < -0.4 is 4.72 Å². The summed E-state index contributed by atoms with van der Waals surface area (Å²) in [5.41, 5.74) is 0. The Morgan fingerprint density at radius 2 is 2.23 bits per heavy atom. The number of nitrogens with zero attached hydrogens (tertiary/aromatic N) is 1. The maximum absolute atomic E-state index is 10.8. The average molecular weight is 206 g/mol. The Hall–Kier alpha value is -1.29. The first-order chi connectivity index (χ1) is 6.02. The van der Waals surface area contributed by atoms with Gasteiger partial charge in [-0.15, -0.1) is 0 Å². The molecule has 74 valence electrons. The van der Waals surface area contributed by atoms with E-state index in [1.54, 1.807) is 4.72 Å². The van der Waals surface area contributed by atoms with E-state index in [1.807, 2.05) is 0 Å². The highest BCUT2D eigenvalue weighted by atomic mass is 32.2. The van der Waals surface area contributed by atoms with E-state index in [0.29, 0.717) is 0 Å². The number of hydrogen-bond donors (Lipinski definition) is 1. The monoisotopic (exact) mass is 206 g/mol. The molecule has 1 N–H and O–H groups in total. The summed E-state index contributed by atoms with van der Waals surface area (Å²) in [6.45, 7) is 0. The van der Waals surface area contributed by atoms with Crippen molar-refractivity contribution in [3.63, 3.8) is 0 Å². The number of hydrogen-bond acceptors (Lipinski definition) is 5. The third kappa shape index (κ3) is 5.93. The molecule has 0 amide bonds. The van der Waals surface area contributed by atoms with Gasteiger partial charge in [-0.3, -0.25) is 4.79 Å². The summed E-state index contributed by atoms with van der Waals surface area (Å²) in [4.78, 5) is 10.6. The Morgan fingerprint density at radius 1 is 1.62 bits per heavy atom. The third-order valence-corrected chi connectivity index (χ3v) is 2.45. The summed E-state index contributed by atoms with van der Waals surface area (Å²) in [7, 11) is -2.33. The first-order valence-electron chi connectivity index (χ1n) is 3.47. The average Bonchev–Trinajstić information content (AvgIpc) is 2.03. The summed E-state index contributed by atoms with van der Waals surface area (Å²) >= 11 is 0. The largest absolute Gasteiger partial charge is 0.469 e. The zero-order valence-corrected chi connectivity index (χ0v) is 7.93. The number of esters is 1. The number of sulfonamides is 1. The Labute approximate surface area is 76.5 Å². The fraction of sp³-hybridized carbons (Fsp3) is 0.667. The van der Waals surface area contributed by atoms with Crippen LogP contribution >= 0.6 is 0 Å². The maximum atomic E-state index is 10.8. The van der Waals surface area contributed by atoms with Gasteiger partial charge in [-0.05, 0) is 6.42 Å². The van der Waals surface area contributed by atoms with Crippen LogP contribution in [0, 0.1) is 11.5 Å². The van der Waals surface area contributed by atoms with E-state index in [4.69, 9.17) is 5.26 Å². The molecule has 0 spiro atoms. The standard InChI is InChI=1S/C6H10N2O4S/c1-12-6(9)3-2-4-13(10,11)8-5-7/h8H,2-4H2,1H3. The van der Waals surface area contributed by atoms with Crippen LogP contribution in [-0.4, -0.2) is 27.2 Å². The number of carbonyl (C=O) groups is 1. The van der Waals surface area contributed by atoms with Crippen molar-refractivity contribution < 1.29 is 17.9 Å². The normalized spacial score (nSPS) is 10.2. The SMILES string of the molecule is COC(=O)CCCS(=O)(=O)NC#N. The predicted octanol–water partition coefficient (Wildman–Crippen LogP) is -0.660. The molecule has 0 rings (SSSR count). The van der Waals surface area contributed by atoms with Crippen molar-refractivity contribution in [2.45, 2.75) is 12.8 Å². The second kappa shape index (κ2) is 5.37. The minimum atomic E-state index is -3.55. The van der Waals surface area contributed by atoms with Crippen molar-refractivity contribution in [3.05, 3.63) is 0 Å². The third-order valence-electron chi connectivity index (χ3n) is 1.22. The number of ether oxygens (including phenoxy) is 1. The molecule has 0 saturated carbocycles. The van der Waals surface area contributed by atoms with Crippen molar-refractivity contribution in [2.24, 2.45) is 0 Å². The lowest BCUT2D eigenvalue weighted by Crippen LogP contribution is -2.22. The van der Waals surface area contributed by atoms with Crippen molar-refractivity contribution in [2.75, 3.05) is 12.9 Å². The van der Waals surface area contributed by atoms with Gasteiger partial charge in [0, 0.05) is 6.42 Å². The molecule has 0 aliphatic heterocycles. The van der Waals surface area contributed by atoms with Gasteiger partial charge >= 0.3 is 5.97 Å². The van der Waals surface area contributed by atoms with Gasteiger partial charge in [0.05, 0.1) is 12.9 Å². The molecule has 0 aliphatic rings. The maximum Gasteiger partial charge on any atom is 0.305 e. The first kappa shape index (κ1) is 11.7. The topological polar surface area (TPSA) is 96.3 Å².